The lowest BCUT2D eigenvalue weighted by atomic mass is 9.78. The molecule has 0 radical (unpaired) electrons. The largest absolute Gasteiger partial charge is 0.480 e. The Kier molecular flexibility index (Phi) is 4.52. The quantitative estimate of drug-likeness (QED) is 0.797. The molecule has 1 aliphatic heterocycles. The van der Waals surface area contributed by atoms with E-state index in [1.165, 1.54) is 0 Å². The second kappa shape index (κ2) is 6.23. The summed E-state index contributed by atoms with van der Waals surface area (Å²) < 4.78 is 0. The van der Waals surface area contributed by atoms with Crippen molar-refractivity contribution in [1.82, 2.24) is 15.1 Å². The van der Waals surface area contributed by atoms with Gasteiger partial charge in [-0.2, -0.15) is 0 Å². The van der Waals surface area contributed by atoms with Gasteiger partial charge in [-0.3, -0.25) is 15.0 Å². The number of carboxylic acid groups (broad SMARTS) is 1. The number of likely N-dealkylation sites (N-methyl/N-ethyl adjacent to an activating group) is 1. The third kappa shape index (κ3) is 3.41. The molecule has 0 aromatic carbocycles. The molecule has 2 unspecified atom stereocenters. The molecular weight excluding hydrogens is 266 g/mol. The second-order valence-electron chi connectivity index (χ2n) is 7.03. The van der Waals surface area contributed by atoms with Crippen molar-refractivity contribution >= 4 is 5.97 Å². The van der Waals surface area contributed by atoms with Crippen LogP contribution < -0.4 is 5.32 Å². The molecular formula is C16H29N3O2. The second-order valence-corrected chi connectivity index (χ2v) is 7.03. The van der Waals surface area contributed by atoms with E-state index in [0.717, 1.165) is 71.2 Å². The Bertz CT molecular complexity index is 378. The first-order valence-electron chi connectivity index (χ1n) is 8.60. The Morgan fingerprint density at radius 3 is 2.52 bits per heavy atom. The van der Waals surface area contributed by atoms with Crippen molar-refractivity contribution in [2.24, 2.45) is 0 Å². The molecule has 2 saturated carbocycles. The van der Waals surface area contributed by atoms with Gasteiger partial charge in [-0.25, -0.2) is 0 Å². The van der Waals surface area contributed by atoms with E-state index in [9.17, 15) is 9.90 Å². The Morgan fingerprint density at radius 2 is 1.95 bits per heavy atom. The van der Waals surface area contributed by atoms with Crippen LogP contribution in [0.1, 0.15) is 45.4 Å². The molecule has 21 heavy (non-hydrogen) atoms. The molecule has 3 fully saturated rings. The van der Waals surface area contributed by atoms with E-state index < -0.39 is 11.5 Å². The molecule has 5 heteroatoms. The fourth-order valence-corrected chi connectivity index (χ4v) is 4.01. The highest BCUT2D eigenvalue weighted by Crippen LogP contribution is 2.35. The monoisotopic (exact) mass is 295 g/mol. The van der Waals surface area contributed by atoms with Crippen LogP contribution in [0.4, 0.5) is 0 Å². The van der Waals surface area contributed by atoms with Crippen LogP contribution in [0.15, 0.2) is 0 Å². The molecule has 3 aliphatic rings. The van der Waals surface area contributed by atoms with Crippen LogP contribution in [-0.2, 0) is 4.79 Å². The molecule has 0 aromatic rings. The molecule has 1 heterocycles. The van der Waals surface area contributed by atoms with E-state index in [1.807, 2.05) is 0 Å². The predicted molar refractivity (Wildman–Crippen MR) is 82.5 cm³/mol. The van der Waals surface area contributed by atoms with Gasteiger partial charge in [-0.1, -0.05) is 6.92 Å². The summed E-state index contributed by atoms with van der Waals surface area (Å²) in [6, 6.07) is 0.900. The fourth-order valence-electron chi connectivity index (χ4n) is 4.01. The van der Waals surface area contributed by atoms with Gasteiger partial charge in [0.2, 0.25) is 0 Å². The minimum Gasteiger partial charge on any atom is -0.480 e. The number of carboxylic acids is 1. The van der Waals surface area contributed by atoms with Gasteiger partial charge in [-0.15, -0.1) is 0 Å². The third-order valence-electron chi connectivity index (χ3n) is 5.56. The molecule has 5 nitrogen and oxygen atoms in total. The summed E-state index contributed by atoms with van der Waals surface area (Å²) in [6.45, 7) is 7.79. The molecule has 2 atom stereocenters. The highest BCUT2D eigenvalue weighted by atomic mass is 16.4. The summed E-state index contributed by atoms with van der Waals surface area (Å²) in [5.41, 5.74) is -0.661. The van der Waals surface area contributed by atoms with Crippen molar-refractivity contribution in [1.29, 1.82) is 0 Å². The zero-order valence-corrected chi connectivity index (χ0v) is 13.2. The van der Waals surface area contributed by atoms with Gasteiger partial charge in [0.25, 0.3) is 0 Å². The van der Waals surface area contributed by atoms with E-state index in [2.05, 4.69) is 22.0 Å². The predicted octanol–water partition coefficient (Wildman–Crippen LogP) is 1.14. The lowest BCUT2D eigenvalue weighted by Gasteiger charge is -2.45. The normalized spacial score (nSPS) is 35.8. The van der Waals surface area contributed by atoms with Gasteiger partial charge in [0.1, 0.15) is 5.54 Å². The number of piperazine rings is 1. The van der Waals surface area contributed by atoms with Crippen molar-refractivity contribution in [3.8, 4) is 0 Å². The van der Waals surface area contributed by atoms with Crippen LogP contribution >= 0.6 is 0 Å². The van der Waals surface area contributed by atoms with Crippen LogP contribution in [0, 0.1) is 0 Å². The smallest absolute Gasteiger partial charge is 0.323 e. The zero-order chi connectivity index (χ0) is 14.9. The van der Waals surface area contributed by atoms with Gasteiger partial charge < -0.3 is 10.0 Å². The molecule has 3 rings (SSSR count). The van der Waals surface area contributed by atoms with Crippen LogP contribution in [0.2, 0.25) is 0 Å². The molecule has 2 aliphatic carbocycles. The Balaban J connectivity index is 1.62. The molecule has 0 bridgehead atoms. The van der Waals surface area contributed by atoms with Crippen molar-refractivity contribution in [3.05, 3.63) is 0 Å². The summed E-state index contributed by atoms with van der Waals surface area (Å²) in [7, 11) is 0. The van der Waals surface area contributed by atoms with E-state index in [4.69, 9.17) is 0 Å². The minimum absolute atomic E-state index is 0.445. The maximum Gasteiger partial charge on any atom is 0.323 e. The molecule has 0 amide bonds. The first-order valence-corrected chi connectivity index (χ1v) is 8.60. The minimum atomic E-state index is -0.661. The van der Waals surface area contributed by atoms with Crippen LogP contribution in [-0.4, -0.2) is 71.2 Å². The topological polar surface area (TPSA) is 55.8 Å². The third-order valence-corrected chi connectivity index (χ3v) is 5.56. The number of hydrogen-bond acceptors (Lipinski definition) is 4. The fraction of sp³-hybridized carbons (Fsp3) is 0.938. The van der Waals surface area contributed by atoms with Gasteiger partial charge in [0.15, 0.2) is 0 Å². The lowest BCUT2D eigenvalue weighted by Crippen LogP contribution is -2.60. The first-order chi connectivity index (χ1) is 10.1. The first kappa shape index (κ1) is 15.3. The number of carbonyl (C=O) groups is 1. The van der Waals surface area contributed by atoms with Crippen molar-refractivity contribution < 1.29 is 9.90 Å². The van der Waals surface area contributed by atoms with Crippen molar-refractivity contribution in [2.75, 3.05) is 32.7 Å². The Hall–Kier alpha value is -0.650. The van der Waals surface area contributed by atoms with Gasteiger partial charge in [0.05, 0.1) is 0 Å². The number of aliphatic carboxylic acids is 1. The zero-order valence-electron chi connectivity index (χ0n) is 13.2. The summed E-state index contributed by atoms with van der Waals surface area (Å²) >= 11 is 0. The van der Waals surface area contributed by atoms with Crippen LogP contribution in [0.5, 0.6) is 0 Å². The molecule has 0 aromatic heterocycles. The van der Waals surface area contributed by atoms with E-state index >= 15 is 0 Å². The standard InChI is InChI=1S/C16H29N3O2/c1-2-18-8-10-19(11-9-18)14-4-3-7-16(12-14,15(20)21)17-13-5-6-13/h13-14,17H,2-12H2,1H3,(H,20,21). The Morgan fingerprint density at radius 1 is 1.24 bits per heavy atom. The van der Waals surface area contributed by atoms with Gasteiger partial charge in [-0.05, 0) is 45.1 Å². The summed E-state index contributed by atoms with van der Waals surface area (Å²) in [6.07, 6.45) is 6.07. The SMILES string of the molecule is CCN1CCN(C2CCCC(NC3CC3)(C(=O)O)C2)CC1. The average molecular weight is 295 g/mol. The maximum absolute atomic E-state index is 11.9. The van der Waals surface area contributed by atoms with E-state index in [1.54, 1.807) is 0 Å². The molecule has 120 valence electrons. The Labute approximate surface area is 127 Å². The lowest BCUT2D eigenvalue weighted by molar-refractivity contribution is -0.147. The summed E-state index contributed by atoms with van der Waals surface area (Å²) in [5.74, 6) is -0.633. The highest BCUT2D eigenvalue weighted by molar-refractivity contribution is 5.79. The summed E-state index contributed by atoms with van der Waals surface area (Å²) in [5, 5.41) is 13.2. The maximum atomic E-state index is 11.9. The van der Waals surface area contributed by atoms with E-state index in [-0.39, 0.29) is 0 Å². The molecule has 1 saturated heterocycles. The average Bonchev–Trinajstić information content (AvgIpc) is 3.31. The highest BCUT2D eigenvalue weighted by Gasteiger charge is 2.47. The number of hydrogen-bond donors (Lipinski definition) is 2. The molecule has 2 N–H and O–H groups in total. The number of nitrogens with zero attached hydrogens (tertiary/aromatic N) is 2. The van der Waals surface area contributed by atoms with Gasteiger partial charge >= 0.3 is 5.97 Å². The number of rotatable bonds is 5. The van der Waals surface area contributed by atoms with Gasteiger partial charge in [0, 0.05) is 38.3 Å². The van der Waals surface area contributed by atoms with Crippen LogP contribution in [0.3, 0.4) is 0 Å². The summed E-state index contributed by atoms with van der Waals surface area (Å²) in [4.78, 5) is 16.9. The van der Waals surface area contributed by atoms with Crippen molar-refractivity contribution in [2.45, 2.75) is 63.1 Å². The molecule has 0 spiro atoms. The van der Waals surface area contributed by atoms with E-state index in [0.29, 0.717) is 12.1 Å². The number of nitrogens with one attached hydrogen (secondary N) is 1. The van der Waals surface area contributed by atoms with Crippen LogP contribution in [0.25, 0.3) is 0 Å². The van der Waals surface area contributed by atoms with Crippen molar-refractivity contribution in [3.63, 3.8) is 0 Å².